The van der Waals surface area contributed by atoms with Crippen LogP contribution in [0.2, 0.25) is 0 Å². The van der Waals surface area contributed by atoms with E-state index in [4.69, 9.17) is 0 Å². The summed E-state index contributed by atoms with van der Waals surface area (Å²) in [6, 6.07) is 0. The first-order valence-corrected chi connectivity index (χ1v) is 5.88. The molecule has 0 fully saturated rings. The molecule has 1 N–H and O–H groups in total. The fraction of sp³-hybridized carbons (Fsp3) is 0.667. The molecule has 0 atom stereocenters. The summed E-state index contributed by atoms with van der Waals surface area (Å²) >= 11 is 0. The lowest BCUT2D eigenvalue weighted by molar-refractivity contribution is -0.142. The number of fused-ring (bicyclic) bond motifs is 1. The van der Waals surface area contributed by atoms with Gasteiger partial charge in [0.2, 0.25) is 0 Å². The van der Waals surface area contributed by atoms with Gasteiger partial charge in [0.1, 0.15) is 5.82 Å². The molecule has 1 aliphatic rings. The second-order valence-corrected chi connectivity index (χ2v) is 5.50. The SMILES string of the molecule is CC(C)(C)c1nc2c(c(C(F)(F)F)n1)CCNC2.Cl. The molecule has 0 radical (unpaired) electrons. The maximum Gasteiger partial charge on any atom is 0.433 e. The third kappa shape index (κ3) is 3.36. The highest BCUT2D eigenvalue weighted by Crippen LogP contribution is 2.34. The highest BCUT2D eigenvalue weighted by atomic mass is 35.5. The predicted octanol–water partition coefficient (Wildman–Crippen LogP) is 2.86. The fourth-order valence-electron chi connectivity index (χ4n) is 1.93. The Bertz CT molecular complexity index is 467. The summed E-state index contributed by atoms with van der Waals surface area (Å²) in [4.78, 5) is 8.05. The van der Waals surface area contributed by atoms with Crippen molar-refractivity contribution in [1.82, 2.24) is 15.3 Å². The van der Waals surface area contributed by atoms with Crippen LogP contribution in [-0.2, 0) is 24.6 Å². The van der Waals surface area contributed by atoms with Gasteiger partial charge in [-0.1, -0.05) is 20.8 Å². The summed E-state index contributed by atoms with van der Waals surface area (Å²) in [5.41, 5.74) is -0.534. The summed E-state index contributed by atoms with van der Waals surface area (Å²) in [5, 5.41) is 3.04. The van der Waals surface area contributed by atoms with E-state index < -0.39 is 17.3 Å². The van der Waals surface area contributed by atoms with Crippen molar-refractivity contribution in [3.8, 4) is 0 Å². The lowest BCUT2D eigenvalue weighted by Crippen LogP contribution is -2.31. The van der Waals surface area contributed by atoms with Gasteiger partial charge in [-0.25, -0.2) is 9.97 Å². The molecular formula is C12H17ClF3N3. The maximum absolute atomic E-state index is 13.0. The van der Waals surface area contributed by atoms with Crippen LogP contribution in [-0.4, -0.2) is 16.5 Å². The molecule has 1 aromatic heterocycles. The van der Waals surface area contributed by atoms with Crippen molar-refractivity contribution in [3.63, 3.8) is 0 Å². The van der Waals surface area contributed by atoms with Gasteiger partial charge in [0.15, 0.2) is 5.69 Å². The Morgan fingerprint density at radius 2 is 1.74 bits per heavy atom. The number of halogens is 4. The van der Waals surface area contributed by atoms with E-state index in [9.17, 15) is 13.2 Å². The maximum atomic E-state index is 13.0. The zero-order chi connectivity index (χ0) is 13.6. The van der Waals surface area contributed by atoms with Crippen molar-refractivity contribution in [1.29, 1.82) is 0 Å². The van der Waals surface area contributed by atoms with E-state index in [0.29, 0.717) is 25.2 Å². The third-order valence-electron chi connectivity index (χ3n) is 2.88. The molecule has 0 saturated carbocycles. The Balaban J connectivity index is 0.00000180. The van der Waals surface area contributed by atoms with Crippen LogP contribution in [0.15, 0.2) is 0 Å². The molecule has 0 unspecified atom stereocenters. The molecule has 3 nitrogen and oxygen atoms in total. The van der Waals surface area contributed by atoms with Crippen LogP contribution in [0.25, 0.3) is 0 Å². The van der Waals surface area contributed by atoms with E-state index in [2.05, 4.69) is 15.3 Å². The normalized spacial score (nSPS) is 15.7. The smallest absolute Gasteiger partial charge is 0.311 e. The van der Waals surface area contributed by atoms with Gasteiger partial charge in [0.05, 0.1) is 5.69 Å². The summed E-state index contributed by atoms with van der Waals surface area (Å²) in [6.45, 7) is 6.35. The van der Waals surface area contributed by atoms with Crippen molar-refractivity contribution < 1.29 is 13.2 Å². The van der Waals surface area contributed by atoms with Crippen molar-refractivity contribution in [2.75, 3.05) is 6.54 Å². The van der Waals surface area contributed by atoms with Crippen LogP contribution < -0.4 is 5.32 Å². The Hall–Kier alpha value is -0.880. The number of hydrogen-bond donors (Lipinski definition) is 1. The number of nitrogens with one attached hydrogen (secondary N) is 1. The molecule has 2 rings (SSSR count). The van der Waals surface area contributed by atoms with Crippen molar-refractivity contribution in [2.24, 2.45) is 0 Å². The van der Waals surface area contributed by atoms with E-state index in [1.54, 1.807) is 0 Å². The second kappa shape index (κ2) is 5.25. The highest BCUT2D eigenvalue weighted by molar-refractivity contribution is 5.85. The third-order valence-corrected chi connectivity index (χ3v) is 2.88. The highest BCUT2D eigenvalue weighted by Gasteiger charge is 2.38. The van der Waals surface area contributed by atoms with E-state index in [1.807, 2.05) is 20.8 Å². The lowest BCUT2D eigenvalue weighted by atomic mass is 9.94. The number of aromatic nitrogens is 2. The Morgan fingerprint density at radius 1 is 1.11 bits per heavy atom. The molecule has 2 heterocycles. The molecule has 1 aromatic rings. The van der Waals surface area contributed by atoms with E-state index in [-0.39, 0.29) is 23.8 Å². The molecule has 108 valence electrons. The van der Waals surface area contributed by atoms with Crippen LogP contribution in [0.5, 0.6) is 0 Å². The molecule has 0 amide bonds. The first kappa shape index (κ1) is 16.2. The molecule has 7 heteroatoms. The number of rotatable bonds is 0. The summed E-state index contributed by atoms with van der Waals surface area (Å²) in [5.74, 6) is 0.247. The van der Waals surface area contributed by atoms with Gasteiger partial charge in [0.25, 0.3) is 0 Å². The first-order valence-electron chi connectivity index (χ1n) is 5.88. The topological polar surface area (TPSA) is 37.8 Å². The van der Waals surface area contributed by atoms with Crippen molar-refractivity contribution in [2.45, 2.75) is 45.3 Å². The molecular weight excluding hydrogens is 279 g/mol. The molecule has 0 spiro atoms. The Morgan fingerprint density at radius 3 is 2.26 bits per heavy atom. The minimum atomic E-state index is -4.41. The molecule has 1 aliphatic heterocycles. The van der Waals surface area contributed by atoms with Gasteiger partial charge in [-0.2, -0.15) is 13.2 Å². The van der Waals surface area contributed by atoms with Crippen LogP contribution >= 0.6 is 12.4 Å². The zero-order valence-electron chi connectivity index (χ0n) is 11.1. The van der Waals surface area contributed by atoms with Gasteiger partial charge < -0.3 is 5.32 Å². The fourth-order valence-corrected chi connectivity index (χ4v) is 1.93. The Kier molecular flexibility index (Phi) is 4.47. The minimum absolute atomic E-state index is 0. The number of alkyl halides is 3. The molecule has 0 saturated heterocycles. The Labute approximate surface area is 116 Å². The molecule has 19 heavy (non-hydrogen) atoms. The van der Waals surface area contributed by atoms with Gasteiger partial charge in [-0.15, -0.1) is 12.4 Å². The quantitative estimate of drug-likeness (QED) is 0.800. The van der Waals surface area contributed by atoms with Gasteiger partial charge in [-0.05, 0) is 13.0 Å². The minimum Gasteiger partial charge on any atom is -0.311 e. The summed E-state index contributed by atoms with van der Waals surface area (Å²) in [7, 11) is 0. The second-order valence-electron chi connectivity index (χ2n) is 5.50. The van der Waals surface area contributed by atoms with Crippen LogP contribution in [0.1, 0.15) is 43.5 Å². The average Bonchev–Trinajstić information content (AvgIpc) is 2.25. The van der Waals surface area contributed by atoms with Crippen LogP contribution in [0.4, 0.5) is 13.2 Å². The predicted molar refractivity (Wildman–Crippen MR) is 68.4 cm³/mol. The molecule has 0 bridgehead atoms. The standard InChI is InChI=1S/C12H16F3N3.ClH/c1-11(2,3)10-17-8-6-16-5-4-7(8)9(18-10)12(13,14)15;/h16H,4-6H2,1-3H3;1H. The zero-order valence-corrected chi connectivity index (χ0v) is 11.9. The largest absolute Gasteiger partial charge is 0.433 e. The molecule has 0 aromatic carbocycles. The van der Waals surface area contributed by atoms with Crippen molar-refractivity contribution >= 4 is 12.4 Å². The van der Waals surface area contributed by atoms with Crippen LogP contribution in [0.3, 0.4) is 0 Å². The number of nitrogens with zero attached hydrogens (tertiary/aromatic N) is 2. The first-order chi connectivity index (χ1) is 8.19. The molecule has 0 aliphatic carbocycles. The number of hydrogen-bond acceptors (Lipinski definition) is 3. The average molecular weight is 296 g/mol. The van der Waals surface area contributed by atoms with E-state index in [1.165, 1.54) is 0 Å². The summed E-state index contributed by atoms with van der Waals surface area (Å²) < 4.78 is 39.1. The lowest BCUT2D eigenvalue weighted by Gasteiger charge is -2.25. The summed E-state index contributed by atoms with van der Waals surface area (Å²) in [6.07, 6.45) is -4.08. The van der Waals surface area contributed by atoms with Gasteiger partial charge >= 0.3 is 6.18 Å². The van der Waals surface area contributed by atoms with Crippen LogP contribution in [0, 0.1) is 0 Å². The van der Waals surface area contributed by atoms with E-state index >= 15 is 0 Å². The van der Waals surface area contributed by atoms with Gasteiger partial charge in [-0.3, -0.25) is 0 Å². The van der Waals surface area contributed by atoms with Gasteiger partial charge in [0, 0.05) is 17.5 Å². The van der Waals surface area contributed by atoms with E-state index in [0.717, 1.165) is 0 Å². The monoisotopic (exact) mass is 295 g/mol. The van der Waals surface area contributed by atoms with Crippen molar-refractivity contribution in [3.05, 3.63) is 22.8 Å².